The molecule has 1 saturated heterocycles. The minimum Gasteiger partial charge on any atom is -0.370 e. The van der Waals surface area contributed by atoms with Crippen LogP contribution in [0.2, 0.25) is 0 Å². The topological polar surface area (TPSA) is 76.0 Å². The summed E-state index contributed by atoms with van der Waals surface area (Å²) < 4.78 is 5.38. The monoisotopic (exact) mass is 336 g/mol. The molecule has 6 nitrogen and oxygen atoms in total. The van der Waals surface area contributed by atoms with E-state index in [4.69, 9.17) is 4.74 Å². The van der Waals surface area contributed by atoms with E-state index in [-0.39, 0.29) is 5.56 Å². The number of thiophene rings is 1. The van der Waals surface area contributed by atoms with Crippen LogP contribution in [-0.4, -0.2) is 49.4 Å². The van der Waals surface area contributed by atoms with Gasteiger partial charge in [0.2, 0.25) is 0 Å². The van der Waals surface area contributed by atoms with Crippen LogP contribution in [-0.2, 0) is 24.1 Å². The number of aromatic nitrogens is 2. The lowest BCUT2D eigenvalue weighted by Gasteiger charge is -2.22. The minimum atomic E-state index is 0.0524. The Morgan fingerprint density at radius 3 is 3.04 bits per heavy atom. The second-order valence-electron chi connectivity index (χ2n) is 6.44. The van der Waals surface area contributed by atoms with Crippen LogP contribution < -0.4 is 15.8 Å². The van der Waals surface area contributed by atoms with E-state index in [0.717, 1.165) is 74.8 Å². The first kappa shape index (κ1) is 15.3. The van der Waals surface area contributed by atoms with Crippen LogP contribution in [0.15, 0.2) is 4.79 Å². The maximum absolute atomic E-state index is 12.4. The number of nitrogens with one attached hydrogen (secondary N) is 2. The lowest BCUT2D eigenvalue weighted by atomic mass is 10.2. The Morgan fingerprint density at radius 2 is 2.17 bits per heavy atom. The van der Waals surface area contributed by atoms with E-state index in [0.29, 0.717) is 0 Å². The number of hydrogen-bond donors (Lipinski definition) is 3. The third-order valence-electron chi connectivity index (χ3n) is 4.86. The van der Waals surface area contributed by atoms with Crippen molar-refractivity contribution in [1.82, 2.24) is 9.97 Å². The van der Waals surface area contributed by atoms with Gasteiger partial charge in [-0.1, -0.05) is 0 Å². The number of aryl methyl sites for hydroxylation is 2. The van der Waals surface area contributed by atoms with Gasteiger partial charge in [-0.3, -0.25) is 4.79 Å². The van der Waals surface area contributed by atoms with Crippen LogP contribution in [0, 0.1) is 0 Å². The number of nitrogens with two attached hydrogens (primary N) is 1. The van der Waals surface area contributed by atoms with Crippen molar-refractivity contribution in [2.45, 2.75) is 25.8 Å². The molecule has 0 atom stereocenters. The molecule has 2 aromatic heterocycles. The Balaban J connectivity index is 1.38. The lowest BCUT2D eigenvalue weighted by molar-refractivity contribution is -0.920. The van der Waals surface area contributed by atoms with Crippen molar-refractivity contribution in [3.05, 3.63) is 26.6 Å². The van der Waals surface area contributed by atoms with Crippen molar-refractivity contribution in [2.75, 3.05) is 39.4 Å². The number of rotatable bonds is 5. The molecule has 2 aliphatic rings. The SMILES string of the molecule is O=c1[nH]c(C[NH2+]CC[NH+]2CCOCC2)nc2sc3c(c12)CCC3. The van der Waals surface area contributed by atoms with Crippen LogP contribution in [0.3, 0.4) is 0 Å². The van der Waals surface area contributed by atoms with E-state index in [1.54, 1.807) is 16.2 Å². The fourth-order valence-corrected chi connectivity index (χ4v) is 4.88. The average Bonchev–Trinajstić information content (AvgIpc) is 3.13. The smallest absolute Gasteiger partial charge is 0.260 e. The maximum atomic E-state index is 12.4. The van der Waals surface area contributed by atoms with Gasteiger partial charge in [-0.25, -0.2) is 4.98 Å². The fourth-order valence-electron chi connectivity index (χ4n) is 3.60. The van der Waals surface area contributed by atoms with Crippen molar-refractivity contribution in [3.63, 3.8) is 0 Å². The summed E-state index contributed by atoms with van der Waals surface area (Å²) in [6.07, 6.45) is 3.32. The molecule has 124 valence electrons. The lowest BCUT2D eigenvalue weighted by Crippen LogP contribution is -3.16. The first-order valence-corrected chi connectivity index (χ1v) is 9.39. The Hall–Kier alpha value is -1.28. The third kappa shape index (κ3) is 3.19. The molecular weight excluding hydrogens is 312 g/mol. The molecule has 0 bridgehead atoms. The van der Waals surface area contributed by atoms with Gasteiger partial charge in [0.05, 0.1) is 18.6 Å². The molecule has 0 aromatic carbocycles. The predicted molar refractivity (Wildman–Crippen MR) is 89.1 cm³/mol. The third-order valence-corrected chi connectivity index (χ3v) is 6.05. The summed E-state index contributed by atoms with van der Waals surface area (Å²) in [5, 5.41) is 3.09. The van der Waals surface area contributed by atoms with E-state index in [2.05, 4.69) is 15.3 Å². The summed E-state index contributed by atoms with van der Waals surface area (Å²) in [6.45, 7) is 6.91. The summed E-state index contributed by atoms with van der Waals surface area (Å²) >= 11 is 1.71. The molecule has 0 unspecified atom stereocenters. The minimum absolute atomic E-state index is 0.0524. The van der Waals surface area contributed by atoms with Gasteiger partial charge in [-0.05, 0) is 24.8 Å². The first-order chi connectivity index (χ1) is 11.3. The van der Waals surface area contributed by atoms with E-state index >= 15 is 0 Å². The molecular formula is C16H24N4O2S+2. The van der Waals surface area contributed by atoms with E-state index < -0.39 is 0 Å². The van der Waals surface area contributed by atoms with E-state index in [1.165, 1.54) is 16.9 Å². The van der Waals surface area contributed by atoms with Crippen molar-refractivity contribution in [1.29, 1.82) is 0 Å². The van der Waals surface area contributed by atoms with Gasteiger partial charge >= 0.3 is 0 Å². The molecule has 23 heavy (non-hydrogen) atoms. The van der Waals surface area contributed by atoms with Gasteiger partial charge in [-0.15, -0.1) is 11.3 Å². The van der Waals surface area contributed by atoms with E-state index in [9.17, 15) is 4.79 Å². The van der Waals surface area contributed by atoms with E-state index in [1.807, 2.05) is 0 Å². The van der Waals surface area contributed by atoms with Crippen LogP contribution in [0.5, 0.6) is 0 Å². The quantitative estimate of drug-likeness (QED) is 0.579. The number of nitrogens with zero attached hydrogens (tertiary/aromatic N) is 1. The summed E-state index contributed by atoms with van der Waals surface area (Å²) in [4.78, 5) is 24.0. The molecule has 1 aliphatic carbocycles. The van der Waals surface area contributed by atoms with Gasteiger partial charge < -0.3 is 19.9 Å². The number of ether oxygens (including phenoxy) is 1. The molecule has 4 N–H and O–H groups in total. The second kappa shape index (κ2) is 6.68. The van der Waals surface area contributed by atoms with Gasteiger partial charge in [0.1, 0.15) is 37.6 Å². The molecule has 7 heteroatoms. The molecule has 4 rings (SSSR count). The molecule has 0 amide bonds. The Kier molecular flexibility index (Phi) is 4.43. The summed E-state index contributed by atoms with van der Waals surface area (Å²) in [5.74, 6) is 0.805. The van der Waals surface area contributed by atoms with Crippen molar-refractivity contribution >= 4 is 21.6 Å². The highest BCUT2D eigenvalue weighted by Crippen LogP contribution is 2.34. The normalized spacial score (nSPS) is 18.6. The predicted octanol–water partition coefficient (Wildman–Crippen LogP) is -1.55. The summed E-state index contributed by atoms with van der Waals surface area (Å²) in [6, 6.07) is 0. The van der Waals surface area contributed by atoms with Crippen LogP contribution in [0.25, 0.3) is 10.2 Å². The molecule has 1 fully saturated rings. The highest BCUT2D eigenvalue weighted by atomic mass is 32.1. The van der Waals surface area contributed by atoms with Gasteiger partial charge in [0, 0.05) is 4.88 Å². The Labute approximate surface area is 138 Å². The second-order valence-corrected chi connectivity index (χ2v) is 7.53. The van der Waals surface area contributed by atoms with Gasteiger partial charge in [0.15, 0.2) is 5.82 Å². The van der Waals surface area contributed by atoms with Gasteiger partial charge in [0.25, 0.3) is 5.56 Å². The maximum Gasteiger partial charge on any atom is 0.260 e. The van der Waals surface area contributed by atoms with Crippen LogP contribution in [0.4, 0.5) is 0 Å². The van der Waals surface area contributed by atoms with Gasteiger partial charge in [-0.2, -0.15) is 0 Å². The molecule has 0 spiro atoms. The van der Waals surface area contributed by atoms with Crippen LogP contribution >= 0.6 is 11.3 Å². The molecule has 0 radical (unpaired) electrons. The summed E-state index contributed by atoms with van der Waals surface area (Å²) in [5.41, 5.74) is 1.31. The van der Waals surface area contributed by atoms with Crippen molar-refractivity contribution in [2.24, 2.45) is 0 Å². The molecule has 2 aromatic rings. The van der Waals surface area contributed by atoms with Crippen molar-refractivity contribution < 1.29 is 15.0 Å². The highest BCUT2D eigenvalue weighted by Gasteiger charge is 2.21. The Morgan fingerprint density at radius 1 is 1.30 bits per heavy atom. The number of H-pyrrole nitrogens is 1. The number of quaternary nitrogens is 2. The van der Waals surface area contributed by atoms with Crippen molar-refractivity contribution in [3.8, 4) is 0 Å². The number of fused-ring (bicyclic) bond motifs is 3. The first-order valence-electron chi connectivity index (χ1n) is 8.57. The highest BCUT2D eigenvalue weighted by molar-refractivity contribution is 7.18. The average molecular weight is 336 g/mol. The van der Waals surface area contributed by atoms with Crippen LogP contribution in [0.1, 0.15) is 22.7 Å². The zero-order valence-corrected chi connectivity index (χ0v) is 14.1. The summed E-state index contributed by atoms with van der Waals surface area (Å²) in [7, 11) is 0. The zero-order chi connectivity index (χ0) is 15.6. The Bertz CT molecular complexity index is 748. The number of hydrogen-bond acceptors (Lipinski definition) is 4. The number of aromatic amines is 1. The fraction of sp³-hybridized carbons (Fsp3) is 0.625. The molecule has 3 heterocycles. The zero-order valence-electron chi connectivity index (χ0n) is 13.3. The largest absolute Gasteiger partial charge is 0.370 e. The standard InChI is InChI=1S/C16H22N4O2S/c21-15-14-11-2-1-3-12(11)23-16(14)19-13(18-15)10-17-4-5-20-6-8-22-9-7-20/h17H,1-10H2,(H,18,19,21)/p+2. The molecule has 0 saturated carbocycles. The molecule has 1 aliphatic heterocycles. The number of morpholine rings is 1.